The Labute approximate surface area is 83.4 Å². The SMILES string of the molecule is OC1CCCC1NCc1ccncn1. The Bertz CT molecular complexity index is 278. The molecule has 2 N–H and O–H groups in total. The third kappa shape index (κ3) is 2.27. The fraction of sp³-hybridized carbons (Fsp3) is 0.600. The van der Waals surface area contributed by atoms with E-state index in [0.717, 1.165) is 25.0 Å². The highest BCUT2D eigenvalue weighted by Gasteiger charge is 2.24. The number of nitrogens with one attached hydrogen (secondary N) is 1. The van der Waals surface area contributed by atoms with Gasteiger partial charge in [-0.2, -0.15) is 0 Å². The van der Waals surface area contributed by atoms with Gasteiger partial charge in [-0.25, -0.2) is 9.97 Å². The van der Waals surface area contributed by atoms with Crippen molar-refractivity contribution in [2.24, 2.45) is 0 Å². The first-order valence-corrected chi connectivity index (χ1v) is 5.02. The lowest BCUT2D eigenvalue weighted by molar-refractivity contribution is 0.148. The van der Waals surface area contributed by atoms with E-state index in [0.29, 0.717) is 6.54 Å². The first-order chi connectivity index (χ1) is 6.86. The van der Waals surface area contributed by atoms with Crippen molar-refractivity contribution in [3.05, 3.63) is 24.3 Å². The van der Waals surface area contributed by atoms with Gasteiger partial charge in [-0.3, -0.25) is 0 Å². The molecule has 0 bridgehead atoms. The quantitative estimate of drug-likeness (QED) is 0.733. The van der Waals surface area contributed by atoms with Gasteiger partial charge in [-0.1, -0.05) is 0 Å². The molecule has 14 heavy (non-hydrogen) atoms. The van der Waals surface area contributed by atoms with Crippen molar-refractivity contribution in [2.45, 2.75) is 38.0 Å². The van der Waals surface area contributed by atoms with Crippen LogP contribution in [0.15, 0.2) is 18.6 Å². The van der Waals surface area contributed by atoms with Gasteiger partial charge in [0, 0.05) is 18.8 Å². The molecule has 1 aromatic rings. The van der Waals surface area contributed by atoms with Crippen LogP contribution in [0, 0.1) is 0 Å². The van der Waals surface area contributed by atoms with Crippen LogP contribution in [0.5, 0.6) is 0 Å². The Morgan fingerprint density at radius 1 is 1.50 bits per heavy atom. The largest absolute Gasteiger partial charge is 0.392 e. The van der Waals surface area contributed by atoms with Crippen LogP contribution >= 0.6 is 0 Å². The van der Waals surface area contributed by atoms with Gasteiger partial charge in [0.2, 0.25) is 0 Å². The second kappa shape index (κ2) is 4.48. The van der Waals surface area contributed by atoms with Gasteiger partial charge in [0.15, 0.2) is 0 Å². The Hall–Kier alpha value is -1.00. The zero-order valence-electron chi connectivity index (χ0n) is 8.06. The maximum atomic E-state index is 9.57. The third-order valence-electron chi connectivity index (χ3n) is 2.67. The molecule has 1 aliphatic carbocycles. The van der Waals surface area contributed by atoms with E-state index in [-0.39, 0.29) is 12.1 Å². The second-order valence-corrected chi connectivity index (χ2v) is 3.69. The standard InChI is InChI=1S/C10H15N3O/c14-10-3-1-2-9(10)12-6-8-4-5-11-7-13-8/h4-5,7,9-10,12,14H,1-3,6H2. The third-order valence-corrected chi connectivity index (χ3v) is 2.67. The van der Waals surface area contributed by atoms with Gasteiger partial charge in [-0.05, 0) is 25.3 Å². The zero-order chi connectivity index (χ0) is 9.80. The van der Waals surface area contributed by atoms with E-state index < -0.39 is 0 Å². The van der Waals surface area contributed by atoms with Gasteiger partial charge >= 0.3 is 0 Å². The summed E-state index contributed by atoms with van der Waals surface area (Å²) in [4.78, 5) is 7.96. The summed E-state index contributed by atoms with van der Waals surface area (Å²) in [6.07, 6.45) is 6.19. The predicted octanol–water partition coefficient (Wildman–Crippen LogP) is 0.480. The van der Waals surface area contributed by atoms with Crippen LogP contribution < -0.4 is 5.32 Å². The fourth-order valence-electron chi connectivity index (χ4n) is 1.84. The molecule has 2 unspecified atom stereocenters. The molecule has 2 rings (SSSR count). The molecule has 0 amide bonds. The molecule has 1 heterocycles. The molecule has 1 aliphatic rings. The molecule has 4 heteroatoms. The van der Waals surface area contributed by atoms with E-state index in [4.69, 9.17) is 0 Å². The molecule has 1 aromatic heterocycles. The van der Waals surface area contributed by atoms with Crippen molar-refractivity contribution in [1.82, 2.24) is 15.3 Å². The average Bonchev–Trinajstić information content (AvgIpc) is 2.63. The summed E-state index contributed by atoms with van der Waals surface area (Å²) in [5.41, 5.74) is 0.971. The number of aliphatic hydroxyl groups is 1. The lowest BCUT2D eigenvalue weighted by Gasteiger charge is -2.15. The maximum Gasteiger partial charge on any atom is 0.115 e. The van der Waals surface area contributed by atoms with E-state index in [1.807, 2.05) is 6.07 Å². The van der Waals surface area contributed by atoms with Crippen LogP contribution in [0.4, 0.5) is 0 Å². The van der Waals surface area contributed by atoms with Crippen molar-refractivity contribution >= 4 is 0 Å². The topological polar surface area (TPSA) is 58.0 Å². The number of nitrogens with zero attached hydrogens (tertiary/aromatic N) is 2. The average molecular weight is 193 g/mol. The maximum absolute atomic E-state index is 9.57. The first kappa shape index (κ1) is 9.55. The van der Waals surface area contributed by atoms with Gasteiger partial charge in [0.25, 0.3) is 0 Å². The Balaban J connectivity index is 1.82. The molecule has 0 saturated heterocycles. The van der Waals surface area contributed by atoms with Crippen LogP contribution in [0.25, 0.3) is 0 Å². The molecule has 0 aliphatic heterocycles. The van der Waals surface area contributed by atoms with Crippen LogP contribution in [-0.2, 0) is 6.54 Å². The predicted molar refractivity (Wildman–Crippen MR) is 52.5 cm³/mol. The lowest BCUT2D eigenvalue weighted by Crippen LogP contribution is -2.35. The second-order valence-electron chi connectivity index (χ2n) is 3.69. The van der Waals surface area contributed by atoms with Crippen LogP contribution in [-0.4, -0.2) is 27.2 Å². The van der Waals surface area contributed by atoms with E-state index in [1.54, 1.807) is 12.5 Å². The van der Waals surface area contributed by atoms with E-state index in [9.17, 15) is 5.11 Å². The summed E-state index contributed by atoms with van der Waals surface area (Å²) in [5, 5.41) is 12.9. The van der Waals surface area contributed by atoms with Crippen molar-refractivity contribution in [3.8, 4) is 0 Å². The summed E-state index contributed by atoms with van der Waals surface area (Å²) in [5.74, 6) is 0. The number of rotatable bonds is 3. The van der Waals surface area contributed by atoms with Crippen LogP contribution in [0.1, 0.15) is 25.0 Å². The van der Waals surface area contributed by atoms with Crippen molar-refractivity contribution < 1.29 is 5.11 Å². The minimum absolute atomic E-state index is 0.183. The van der Waals surface area contributed by atoms with Crippen LogP contribution in [0.3, 0.4) is 0 Å². The van der Waals surface area contributed by atoms with Gasteiger partial charge in [0.1, 0.15) is 6.33 Å². The molecule has 4 nitrogen and oxygen atoms in total. The normalized spacial score (nSPS) is 26.6. The summed E-state index contributed by atoms with van der Waals surface area (Å²) in [7, 11) is 0. The Morgan fingerprint density at radius 3 is 3.07 bits per heavy atom. The summed E-state index contributed by atoms with van der Waals surface area (Å²) in [6.45, 7) is 0.713. The fourth-order valence-corrected chi connectivity index (χ4v) is 1.84. The highest BCUT2D eigenvalue weighted by Crippen LogP contribution is 2.18. The summed E-state index contributed by atoms with van der Waals surface area (Å²) >= 11 is 0. The molecule has 0 aromatic carbocycles. The van der Waals surface area contributed by atoms with Gasteiger partial charge in [-0.15, -0.1) is 0 Å². The van der Waals surface area contributed by atoms with Crippen molar-refractivity contribution in [2.75, 3.05) is 0 Å². The highest BCUT2D eigenvalue weighted by atomic mass is 16.3. The summed E-state index contributed by atoms with van der Waals surface area (Å²) in [6, 6.07) is 2.12. The molecule has 2 atom stereocenters. The van der Waals surface area contributed by atoms with Crippen LogP contribution in [0.2, 0.25) is 0 Å². The Morgan fingerprint density at radius 2 is 2.43 bits per heavy atom. The minimum Gasteiger partial charge on any atom is -0.392 e. The Kier molecular flexibility index (Phi) is 3.06. The number of aliphatic hydroxyl groups excluding tert-OH is 1. The smallest absolute Gasteiger partial charge is 0.115 e. The molecular weight excluding hydrogens is 178 g/mol. The number of hydrogen-bond acceptors (Lipinski definition) is 4. The van der Waals surface area contributed by atoms with Gasteiger partial charge in [0.05, 0.1) is 11.8 Å². The van der Waals surface area contributed by atoms with E-state index >= 15 is 0 Å². The molecule has 1 saturated carbocycles. The lowest BCUT2D eigenvalue weighted by atomic mass is 10.2. The minimum atomic E-state index is -0.183. The van der Waals surface area contributed by atoms with Gasteiger partial charge < -0.3 is 10.4 Å². The summed E-state index contributed by atoms with van der Waals surface area (Å²) < 4.78 is 0. The molecule has 76 valence electrons. The molecule has 0 radical (unpaired) electrons. The highest BCUT2D eigenvalue weighted by molar-refractivity contribution is 4.98. The molecule has 0 spiro atoms. The van der Waals surface area contributed by atoms with Crippen molar-refractivity contribution in [3.63, 3.8) is 0 Å². The molecule has 1 fully saturated rings. The number of hydrogen-bond donors (Lipinski definition) is 2. The number of aromatic nitrogens is 2. The van der Waals surface area contributed by atoms with E-state index in [2.05, 4.69) is 15.3 Å². The zero-order valence-corrected chi connectivity index (χ0v) is 8.06. The van der Waals surface area contributed by atoms with Crippen molar-refractivity contribution in [1.29, 1.82) is 0 Å². The van der Waals surface area contributed by atoms with E-state index in [1.165, 1.54) is 0 Å². The first-order valence-electron chi connectivity index (χ1n) is 5.02. The molecular formula is C10H15N3O. The monoisotopic (exact) mass is 193 g/mol.